The molecule has 3 nitrogen and oxygen atoms in total. The van der Waals surface area contributed by atoms with Crippen LogP contribution in [0.3, 0.4) is 0 Å². The number of halogens is 2. The Hall–Kier alpha value is -0.650. The quantitative estimate of drug-likeness (QED) is 0.926. The molecular formula is C13H17BrFNO2. The third-order valence-corrected chi connectivity index (χ3v) is 3.74. The van der Waals surface area contributed by atoms with Crippen molar-refractivity contribution in [2.24, 2.45) is 0 Å². The first-order valence-corrected chi connectivity index (χ1v) is 6.93. The van der Waals surface area contributed by atoms with Gasteiger partial charge in [0.15, 0.2) is 0 Å². The van der Waals surface area contributed by atoms with E-state index >= 15 is 0 Å². The Morgan fingerprint density at radius 3 is 2.78 bits per heavy atom. The summed E-state index contributed by atoms with van der Waals surface area (Å²) < 4.78 is 18.9. The van der Waals surface area contributed by atoms with Crippen LogP contribution in [0.25, 0.3) is 0 Å². The zero-order valence-corrected chi connectivity index (χ0v) is 11.7. The van der Waals surface area contributed by atoms with E-state index in [0.717, 1.165) is 39.3 Å². The van der Waals surface area contributed by atoms with Gasteiger partial charge in [-0.15, -0.1) is 0 Å². The number of benzene rings is 1. The maximum absolute atomic E-state index is 13.2. The van der Waals surface area contributed by atoms with Gasteiger partial charge in [-0.3, -0.25) is 4.90 Å². The van der Waals surface area contributed by atoms with E-state index in [1.54, 1.807) is 0 Å². The first-order chi connectivity index (χ1) is 8.66. The summed E-state index contributed by atoms with van der Waals surface area (Å²) in [6, 6.07) is 2.68. The minimum absolute atomic E-state index is 0.151. The predicted octanol–water partition coefficient (Wildman–Crippen LogP) is 2.56. The number of rotatable bonds is 4. The highest BCUT2D eigenvalue weighted by molar-refractivity contribution is 9.10. The average molecular weight is 318 g/mol. The van der Waals surface area contributed by atoms with Gasteiger partial charge in [-0.2, -0.15) is 0 Å². The van der Waals surface area contributed by atoms with Gasteiger partial charge >= 0.3 is 0 Å². The van der Waals surface area contributed by atoms with Crippen LogP contribution in [0.1, 0.15) is 12.0 Å². The van der Waals surface area contributed by atoms with Crippen molar-refractivity contribution < 1.29 is 14.2 Å². The maximum atomic E-state index is 13.2. The van der Waals surface area contributed by atoms with Gasteiger partial charge in [0.2, 0.25) is 0 Å². The average Bonchev–Trinajstić information content (AvgIpc) is 2.36. The van der Waals surface area contributed by atoms with Gasteiger partial charge in [0.05, 0.1) is 17.7 Å². The Kier molecular flexibility index (Phi) is 4.97. The lowest BCUT2D eigenvalue weighted by Gasteiger charge is -2.26. The van der Waals surface area contributed by atoms with Crippen LogP contribution in [0.15, 0.2) is 16.6 Å². The summed E-state index contributed by atoms with van der Waals surface area (Å²) in [7, 11) is 0. The summed E-state index contributed by atoms with van der Waals surface area (Å²) in [6.45, 7) is 4.45. The lowest BCUT2D eigenvalue weighted by Crippen LogP contribution is -2.36. The molecule has 1 aromatic carbocycles. The van der Waals surface area contributed by atoms with E-state index in [2.05, 4.69) is 20.8 Å². The largest absolute Gasteiger partial charge is 0.506 e. The fraction of sp³-hybridized carbons (Fsp3) is 0.538. The van der Waals surface area contributed by atoms with Gasteiger partial charge in [0, 0.05) is 13.1 Å². The van der Waals surface area contributed by atoms with Crippen molar-refractivity contribution in [1.82, 2.24) is 4.90 Å². The second-order valence-corrected chi connectivity index (χ2v) is 5.31. The molecule has 1 saturated heterocycles. The van der Waals surface area contributed by atoms with Crippen molar-refractivity contribution in [3.8, 4) is 5.75 Å². The third kappa shape index (κ3) is 3.67. The number of hydrogen-bond donors (Lipinski definition) is 1. The van der Waals surface area contributed by atoms with E-state index in [-0.39, 0.29) is 11.6 Å². The van der Waals surface area contributed by atoms with Gasteiger partial charge < -0.3 is 9.84 Å². The summed E-state index contributed by atoms with van der Waals surface area (Å²) in [6.07, 6.45) is 1.59. The minimum atomic E-state index is -0.318. The Morgan fingerprint density at radius 1 is 1.33 bits per heavy atom. The van der Waals surface area contributed by atoms with E-state index in [1.165, 1.54) is 12.1 Å². The molecule has 1 aromatic rings. The van der Waals surface area contributed by atoms with Crippen LogP contribution in [0, 0.1) is 5.82 Å². The monoisotopic (exact) mass is 317 g/mol. The van der Waals surface area contributed by atoms with Crippen LogP contribution in [-0.2, 0) is 11.2 Å². The number of ether oxygens (including phenoxy) is 1. The van der Waals surface area contributed by atoms with Crippen molar-refractivity contribution in [3.05, 3.63) is 28.0 Å². The fourth-order valence-electron chi connectivity index (χ4n) is 2.13. The predicted molar refractivity (Wildman–Crippen MR) is 71.3 cm³/mol. The smallest absolute Gasteiger partial charge is 0.133 e. The van der Waals surface area contributed by atoms with Gasteiger partial charge in [-0.25, -0.2) is 4.39 Å². The van der Waals surface area contributed by atoms with Crippen LogP contribution in [0.4, 0.5) is 4.39 Å². The number of hydrogen-bond acceptors (Lipinski definition) is 3. The third-order valence-electron chi connectivity index (χ3n) is 3.13. The lowest BCUT2D eigenvalue weighted by molar-refractivity contribution is 0.0374. The first-order valence-electron chi connectivity index (χ1n) is 6.14. The van der Waals surface area contributed by atoms with Crippen molar-refractivity contribution in [1.29, 1.82) is 0 Å². The molecule has 0 bridgehead atoms. The van der Waals surface area contributed by atoms with Gasteiger partial charge in [-0.05, 0) is 53.0 Å². The molecular weight excluding hydrogens is 301 g/mol. The summed E-state index contributed by atoms with van der Waals surface area (Å²) >= 11 is 3.15. The second-order valence-electron chi connectivity index (χ2n) is 4.45. The topological polar surface area (TPSA) is 32.7 Å². The molecule has 0 amide bonds. The molecule has 0 atom stereocenters. The molecule has 5 heteroatoms. The van der Waals surface area contributed by atoms with Crippen molar-refractivity contribution >= 4 is 15.9 Å². The lowest BCUT2D eigenvalue weighted by atomic mass is 10.1. The van der Waals surface area contributed by atoms with Crippen molar-refractivity contribution in [3.63, 3.8) is 0 Å². The molecule has 0 aromatic heterocycles. The molecule has 0 radical (unpaired) electrons. The molecule has 0 unspecified atom stereocenters. The highest BCUT2D eigenvalue weighted by atomic mass is 79.9. The molecule has 0 spiro atoms. The number of aryl methyl sites for hydroxylation is 1. The molecule has 0 aliphatic carbocycles. The highest BCUT2D eigenvalue weighted by Crippen LogP contribution is 2.29. The number of phenols is 1. The number of nitrogens with zero attached hydrogens (tertiary/aromatic N) is 1. The summed E-state index contributed by atoms with van der Waals surface area (Å²) in [5, 5.41) is 9.81. The molecule has 100 valence electrons. The van der Waals surface area contributed by atoms with Crippen molar-refractivity contribution in [2.75, 3.05) is 32.8 Å². The molecule has 2 rings (SSSR count). The van der Waals surface area contributed by atoms with Crippen LogP contribution in [-0.4, -0.2) is 42.9 Å². The Morgan fingerprint density at radius 2 is 2.06 bits per heavy atom. The zero-order chi connectivity index (χ0) is 13.0. The Balaban J connectivity index is 1.86. The second kappa shape index (κ2) is 6.50. The standard InChI is InChI=1S/C13H17BrFNO2/c14-12-9-11(15)8-10(13(12)17)2-1-3-16-4-6-18-7-5-16/h8-9,17H,1-7H2. The van der Waals surface area contributed by atoms with Gasteiger partial charge in [-0.1, -0.05) is 0 Å². The van der Waals surface area contributed by atoms with Crippen molar-refractivity contribution in [2.45, 2.75) is 12.8 Å². The van der Waals surface area contributed by atoms with Crippen LogP contribution in [0.2, 0.25) is 0 Å². The molecule has 18 heavy (non-hydrogen) atoms. The fourth-order valence-corrected chi connectivity index (χ4v) is 2.60. The highest BCUT2D eigenvalue weighted by Gasteiger charge is 2.11. The van der Waals surface area contributed by atoms with Crippen LogP contribution < -0.4 is 0 Å². The number of phenolic OH excluding ortho intramolecular Hbond substituents is 1. The van der Waals surface area contributed by atoms with Crippen LogP contribution in [0.5, 0.6) is 5.75 Å². The molecule has 0 saturated carbocycles. The summed E-state index contributed by atoms with van der Waals surface area (Å²) in [4.78, 5) is 2.33. The molecule has 1 heterocycles. The Bertz CT molecular complexity index is 408. The molecule has 1 N–H and O–H groups in total. The van der Waals surface area contributed by atoms with Gasteiger partial charge in [0.1, 0.15) is 11.6 Å². The zero-order valence-electron chi connectivity index (χ0n) is 10.2. The molecule has 1 aliphatic heterocycles. The molecule has 1 aliphatic rings. The van der Waals surface area contributed by atoms with E-state index in [4.69, 9.17) is 4.74 Å². The normalized spacial score (nSPS) is 17.0. The maximum Gasteiger partial charge on any atom is 0.133 e. The minimum Gasteiger partial charge on any atom is -0.506 e. The SMILES string of the molecule is Oc1c(Br)cc(F)cc1CCCN1CCOCC1. The van der Waals surface area contributed by atoms with E-state index < -0.39 is 0 Å². The van der Waals surface area contributed by atoms with E-state index in [9.17, 15) is 9.50 Å². The van der Waals surface area contributed by atoms with Gasteiger partial charge in [0.25, 0.3) is 0 Å². The molecule has 1 fully saturated rings. The van der Waals surface area contributed by atoms with E-state index in [0.29, 0.717) is 16.5 Å². The van der Waals surface area contributed by atoms with Crippen LogP contribution >= 0.6 is 15.9 Å². The Labute approximate surface area is 115 Å². The summed E-state index contributed by atoms with van der Waals surface area (Å²) in [5.74, 6) is -0.167. The number of aromatic hydroxyl groups is 1. The first kappa shape index (κ1) is 13.8. The summed E-state index contributed by atoms with van der Waals surface area (Å²) in [5.41, 5.74) is 0.662. The number of morpholine rings is 1. The van der Waals surface area contributed by atoms with E-state index in [1.807, 2.05) is 0 Å².